The predicted molar refractivity (Wildman–Crippen MR) is 147 cm³/mol. The molecule has 3 atom stereocenters. The van der Waals surface area contributed by atoms with Gasteiger partial charge in [-0.15, -0.1) is 11.8 Å². The van der Waals surface area contributed by atoms with Crippen LogP contribution >= 0.6 is 11.8 Å². The van der Waals surface area contributed by atoms with Crippen LogP contribution in [0.15, 0.2) is 76.4 Å². The number of carbonyl (C=O) groups excluding carboxylic acids is 2. The number of nitrogens with one attached hydrogen (secondary N) is 2. The van der Waals surface area contributed by atoms with E-state index in [-0.39, 0.29) is 27.2 Å². The maximum Gasteiger partial charge on any atom is 0.351 e. The Hall–Kier alpha value is -2.83. The second-order valence-corrected chi connectivity index (χ2v) is 13.0. The number of sulfonamides is 1. The smallest absolute Gasteiger partial charge is 0.351 e. The van der Waals surface area contributed by atoms with Crippen LogP contribution in [0.1, 0.15) is 31.4 Å². The highest BCUT2D eigenvalue weighted by Gasteiger charge is 2.47. The van der Waals surface area contributed by atoms with Gasteiger partial charge < -0.3 is 4.74 Å². The molecule has 11 heteroatoms. The summed E-state index contributed by atoms with van der Waals surface area (Å²) < 4.78 is 33.2. The van der Waals surface area contributed by atoms with E-state index in [1.807, 2.05) is 37.3 Å². The topological polar surface area (TPSA) is 114 Å². The van der Waals surface area contributed by atoms with Crippen molar-refractivity contribution >= 4 is 40.0 Å². The standard InChI is InChI=1S/C27H33N4O5S2/c1-19-10-12-22(13-11-19)38(34,35)30-23(26(33)36-4)14-21-16-31(18-28-21,15-20-8-6-5-7-9-20)25(32)24-29-27(2,3)17-37-24/h5-13,16,18,23-24,29-30H,14-15,17H2,1-4H3/q+1/t23-,24-,31?/m0/s1. The summed E-state index contributed by atoms with van der Waals surface area (Å²) >= 11 is 1.55. The van der Waals surface area contributed by atoms with Crippen molar-refractivity contribution in [2.24, 2.45) is 4.99 Å². The number of thioether (sulfide) groups is 1. The maximum atomic E-state index is 13.9. The molecule has 1 saturated heterocycles. The second-order valence-electron chi connectivity index (χ2n) is 10.2. The van der Waals surface area contributed by atoms with Crippen molar-refractivity contribution in [2.75, 3.05) is 12.9 Å². The second kappa shape index (κ2) is 11.1. The van der Waals surface area contributed by atoms with E-state index in [1.165, 1.54) is 19.2 Å². The molecule has 0 aliphatic carbocycles. The minimum absolute atomic E-state index is 0.0391. The number of methoxy groups -OCH3 is 1. The molecule has 2 aliphatic heterocycles. The number of carbonyl (C=O) groups is 2. The summed E-state index contributed by atoms with van der Waals surface area (Å²) in [5.41, 5.74) is 2.08. The number of ether oxygens (including phenoxy) is 1. The van der Waals surface area contributed by atoms with Gasteiger partial charge in [0.05, 0.1) is 12.0 Å². The fourth-order valence-corrected chi connectivity index (χ4v) is 6.96. The number of rotatable bonds is 9. The third-order valence-electron chi connectivity index (χ3n) is 6.39. The SMILES string of the molecule is COC(=O)[C@H](CC1=C[N+](Cc2ccccc2)(C(=O)[C@H]2NC(C)(C)CS2)C=N1)NS(=O)(=O)c1ccc(C)cc1. The zero-order valence-corrected chi connectivity index (χ0v) is 23.5. The Morgan fingerprint density at radius 1 is 1.18 bits per heavy atom. The number of hydrogen-bond donors (Lipinski definition) is 2. The molecule has 202 valence electrons. The maximum absolute atomic E-state index is 13.9. The lowest BCUT2D eigenvalue weighted by molar-refractivity contribution is -0.713. The molecular formula is C27H33N4O5S2+. The van der Waals surface area contributed by atoms with Gasteiger partial charge in [-0.2, -0.15) is 9.21 Å². The van der Waals surface area contributed by atoms with Crippen LogP contribution < -0.4 is 10.0 Å². The molecule has 4 rings (SSSR count). The number of esters is 1. The third-order valence-corrected chi connectivity index (χ3v) is 9.42. The van der Waals surface area contributed by atoms with Crippen molar-refractivity contribution in [3.63, 3.8) is 0 Å². The summed E-state index contributed by atoms with van der Waals surface area (Å²) in [5.74, 6) is -0.0443. The first-order valence-corrected chi connectivity index (χ1v) is 14.8. The van der Waals surface area contributed by atoms with Crippen LogP contribution in [0.4, 0.5) is 0 Å². The fraction of sp³-hybridized carbons (Fsp3) is 0.370. The van der Waals surface area contributed by atoms with Gasteiger partial charge in [-0.1, -0.05) is 48.0 Å². The molecule has 9 nitrogen and oxygen atoms in total. The number of benzene rings is 2. The number of nitrogens with zero attached hydrogens (tertiary/aromatic N) is 2. The van der Waals surface area contributed by atoms with Gasteiger partial charge in [0.2, 0.25) is 16.4 Å². The van der Waals surface area contributed by atoms with E-state index in [0.717, 1.165) is 16.9 Å². The molecule has 0 saturated carbocycles. The zero-order chi connectivity index (χ0) is 27.6. The number of aryl methyl sites for hydroxylation is 1. The summed E-state index contributed by atoms with van der Waals surface area (Å²) in [7, 11) is -2.81. The zero-order valence-electron chi connectivity index (χ0n) is 21.9. The van der Waals surface area contributed by atoms with E-state index in [0.29, 0.717) is 12.2 Å². The Bertz CT molecular complexity index is 1360. The van der Waals surface area contributed by atoms with Crippen LogP contribution in [0.25, 0.3) is 0 Å². The lowest BCUT2D eigenvalue weighted by Gasteiger charge is -2.28. The molecule has 0 radical (unpaired) electrons. The third kappa shape index (κ3) is 6.41. The number of aliphatic imine (C=N–C) groups is 1. The highest BCUT2D eigenvalue weighted by Crippen LogP contribution is 2.33. The van der Waals surface area contributed by atoms with Crippen molar-refractivity contribution in [3.05, 3.63) is 77.6 Å². The molecule has 2 aromatic rings. The Balaban J connectivity index is 1.62. The minimum atomic E-state index is -4.01. The molecule has 1 unspecified atom stereocenters. The van der Waals surface area contributed by atoms with Crippen molar-refractivity contribution in [2.45, 2.75) is 55.6 Å². The van der Waals surface area contributed by atoms with Gasteiger partial charge in [-0.3, -0.25) is 10.1 Å². The van der Waals surface area contributed by atoms with Gasteiger partial charge in [0.1, 0.15) is 24.5 Å². The molecule has 1 fully saturated rings. The Morgan fingerprint density at radius 3 is 2.47 bits per heavy atom. The van der Waals surface area contributed by atoms with E-state index >= 15 is 0 Å². The monoisotopic (exact) mass is 557 g/mol. The van der Waals surface area contributed by atoms with Crippen LogP contribution in [0.3, 0.4) is 0 Å². The molecular weight excluding hydrogens is 524 g/mol. The van der Waals surface area contributed by atoms with Crippen LogP contribution in [0, 0.1) is 6.92 Å². The fourth-order valence-electron chi connectivity index (χ4n) is 4.36. The molecule has 2 aromatic carbocycles. The van der Waals surface area contributed by atoms with E-state index in [9.17, 15) is 18.0 Å². The summed E-state index contributed by atoms with van der Waals surface area (Å²) in [6, 6.07) is 14.7. The number of hydrogen-bond acceptors (Lipinski definition) is 8. The quantitative estimate of drug-likeness (QED) is 0.360. The van der Waals surface area contributed by atoms with Gasteiger partial charge in [0.25, 0.3) is 0 Å². The number of quaternary nitrogens is 1. The number of amides is 1. The first kappa shape index (κ1) is 28.2. The molecule has 2 N–H and O–H groups in total. The van der Waals surface area contributed by atoms with Gasteiger partial charge in [0.15, 0.2) is 5.37 Å². The molecule has 0 bridgehead atoms. The molecule has 2 heterocycles. The van der Waals surface area contributed by atoms with Crippen molar-refractivity contribution in [1.82, 2.24) is 10.0 Å². The average Bonchev–Trinajstić information content (AvgIpc) is 3.46. The molecule has 38 heavy (non-hydrogen) atoms. The lowest BCUT2D eigenvalue weighted by atomic mass is 10.1. The average molecular weight is 558 g/mol. The van der Waals surface area contributed by atoms with Crippen molar-refractivity contribution in [3.8, 4) is 0 Å². The van der Waals surface area contributed by atoms with Crippen molar-refractivity contribution < 1.29 is 27.2 Å². The summed E-state index contributed by atoms with van der Waals surface area (Å²) in [4.78, 5) is 31.0. The van der Waals surface area contributed by atoms with Gasteiger partial charge >= 0.3 is 11.9 Å². The van der Waals surface area contributed by atoms with Gasteiger partial charge in [-0.25, -0.2) is 18.2 Å². The van der Waals surface area contributed by atoms with Crippen LogP contribution in [0.2, 0.25) is 0 Å². The Labute approximate surface area is 228 Å². The van der Waals surface area contributed by atoms with Crippen molar-refractivity contribution in [1.29, 1.82) is 0 Å². The molecule has 2 aliphatic rings. The van der Waals surface area contributed by atoms with Gasteiger partial charge in [-0.05, 0) is 32.9 Å². The van der Waals surface area contributed by atoms with Crippen LogP contribution in [0.5, 0.6) is 0 Å². The molecule has 1 amide bonds. The molecule has 0 spiro atoms. The normalized spacial score (nSPS) is 23.2. The first-order chi connectivity index (χ1) is 17.9. The first-order valence-electron chi connectivity index (χ1n) is 12.2. The summed E-state index contributed by atoms with van der Waals surface area (Å²) in [6.07, 6.45) is 3.20. The predicted octanol–water partition coefficient (Wildman–Crippen LogP) is 3.07. The highest BCUT2D eigenvalue weighted by atomic mass is 32.2. The van der Waals surface area contributed by atoms with Crippen LogP contribution in [-0.2, 0) is 30.9 Å². The van der Waals surface area contributed by atoms with Crippen LogP contribution in [-0.4, -0.2) is 60.9 Å². The van der Waals surface area contributed by atoms with E-state index in [2.05, 4.69) is 28.9 Å². The Kier molecular flexibility index (Phi) is 8.24. The largest absolute Gasteiger partial charge is 0.468 e. The molecule has 0 aromatic heterocycles. The van der Waals surface area contributed by atoms with E-state index in [1.54, 1.807) is 36.4 Å². The minimum Gasteiger partial charge on any atom is -0.468 e. The summed E-state index contributed by atoms with van der Waals surface area (Å²) in [5, 5.41) is 2.96. The highest BCUT2D eigenvalue weighted by molar-refractivity contribution is 8.00. The Morgan fingerprint density at radius 2 is 1.87 bits per heavy atom. The summed E-state index contributed by atoms with van der Waals surface area (Å²) in [6.45, 7) is 6.29. The van der Waals surface area contributed by atoms with E-state index < -0.39 is 27.4 Å². The van der Waals surface area contributed by atoms with Gasteiger partial charge in [0, 0.05) is 23.3 Å². The van der Waals surface area contributed by atoms with E-state index in [4.69, 9.17) is 4.74 Å². The lowest BCUT2D eigenvalue weighted by Crippen LogP contribution is -2.54.